The van der Waals surface area contributed by atoms with Crippen molar-refractivity contribution < 1.29 is 42.1 Å². The first-order chi connectivity index (χ1) is 35.0. The Labute approximate surface area is 443 Å². The van der Waals surface area contributed by atoms with Gasteiger partial charge in [0.15, 0.2) is 6.10 Å². The topological polar surface area (TPSA) is 108 Å². The molecule has 0 spiro atoms. The molecule has 0 radical (unpaired) electrons. The van der Waals surface area contributed by atoms with Gasteiger partial charge in [0, 0.05) is 12.8 Å². The first kappa shape index (κ1) is 69.2. The van der Waals surface area contributed by atoms with Gasteiger partial charge in [0.25, 0.3) is 0 Å². The number of unbranched alkanes of at least 4 members (excludes halogenated alkanes) is 25. The lowest BCUT2D eigenvalue weighted by Gasteiger charge is -2.24. The molecule has 1 N–H and O–H groups in total. The number of hydrogen-bond donors (Lipinski definition) is 1. The van der Waals surface area contributed by atoms with Crippen LogP contribution < -0.4 is 0 Å². The highest BCUT2D eigenvalue weighted by Gasteiger charge is 2.27. The van der Waals surface area contributed by atoms with Crippen molar-refractivity contribution in [1.82, 2.24) is 0 Å². The van der Waals surface area contributed by atoms with E-state index in [-0.39, 0.29) is 32.0 Å². The zero-order valence-electron chi connectivity index (χ0n) is 47.1. The molecule has 0 aromatic rings. The van der Waals surface area contributed by atoms with Gasteiger partial charge in [0.05, 0.1) is 27.7 Å². The summed E-state index contributed by atoms with van der Waals surface area (Å²) >= 11 is 0. The summed E-state index contributed by atoms with van der Waals surface area (Å²) in [6.45, 7) is 4.32. The van der Waals surface area contributed by atoms with Gasteiger partial charge in [-0.3, -0.25) is 18.6 Å². The van der Waals surface area contributed by atoms with Crippen molar-refractivity contribution in [3.8, 4) is 0 Å². The van der Waals surface area contributed by atoms with E-state index in [2.05, 4.69) is 98.9 Å². The molecule has 0 aliphatic carbocycles. The normalized spacial score (nSPS) is 13.9. The van der Waals surface area contributed by atoms with Gasteiger partial charge >= 0.3 is 19.8 Å². The van der Waals surface area contributed by atoms with Crippen LogP contribution in [0.4, 0.5) is 0 Å². The number of likely N-dealkylation sites (N-methyl/N-ethyl adjacent to an activating group) is 1. The molecule has 0 aromatic carbocycles. The third-order valence-corrected chi connectivity index (χ3v) is 13.4. The maximum atomic E-state index is 12.8. The molecule has 0 saturated heterocycles. The third kappa shape index (κ3) is 56.5. The number of carbonyl (C=O) groups excluding carboxylic acids is 2. The largest absolute Gasteiger partial charge is 0.472 e. The lowest BCUT2D eigenvalue weighted by atomic mass is 10.1. The van der Waals surface area contributed by atoms with Gasteiger partial charge in [-0.05, 0) is 89.9 Å². The highest BCUT2D eigenvalue weighted by atomic mass is 31.2. The van der Waals surface area contributed by atoms with E-state index in [9.17, 15) is 19.0 Å². The minimum absolute atomic E-state index is 0.0262. The average molecular weight is 1030 g/mol. The minimum atomic E-state index is -4.39. The van der Waals surface area contributed by atoms with Crippen LogP contribution >= 0.6 is 7.82 Å². The van der Waals surface area contributed by atoms with E-state index in [0.29, 0.717) is 17.4 Å². The average Bonchev–Trinajstić information content (AvgIpc) is 3.34. The standard InChI is InChI=1S/C62H110NO8P/c1-6-8-10-12-14-16-18-20-22-24-26-28-29-30-31-32-33-35-37-39-41-43-45-47-49-51-53-55-62(65)71-60(59-70-72(66,67)69-57-56-63(3,4)5)58-68-61(64)54-52-50-48-46-44-42-40-38-36-34-27-25-23-21-19-17-15-13-11-9-7-2/h8,10,14,16,20,22,25-28,30-31,33,35,60H,6-7,9,11-13,15,17-19,21,23-24,29,32,34,36-59H2,1-5H3/p+1/b10-8-,16-14-,22-20-,27-25-,28-26-,31-30-,35-33-. The summed E-state index contributed by atoms with van der Waals surface area (Å²) in [6.07, 6.45) is 70.7. The van der Waals surface area contributed by atoms with Crippen LogP contribution in [0.5, 0.6) is 0 Å². The highest BCUT2D eigenvalue weighted by Crippen LogP contribution is 2.43. The second-order valence-corrected chi connectivity index (χ2v) is 22.1. The predicted molar refractivity (Wildman–Crippen MR) is 307 cm³/mol. The molecular formula is C62H111NO8P+. The van der Waals surface area contributed by atoms with Gasteiger partial charge in [-0.15, -0.1) is 0 Å². The van der Waals surface area contributed by atoms with Gasteiger partial charge in [-0.25, -0.2) is 4.57 Å². The zero-order valence-corrected chi connectivity index (χ0v) is 48.0. The Bertz CT molecular complexity index is 1490. The smallest absolute Gasteiger partial charge is 0.462 e. The van der Waals surface area contributed by atoms with Crippen molar-refractivity contribution >= 4 is 19.8 Å². The molecule has 10 heteroatoms. The fraction of sp³-hybridized carbons (Fsp3) is 0.742. The summed E-state index contributed by atoms with van der Waals surface area (Å²) in [4.78, 5) is 35.7. The van der Waals surface area contributed by atoms with Crippen LogP contribution in [0, 0.1) is 0 Å². The van der Waals surface area contributed by atoms with Crippen LogP contribution in [-0.4, -0.2) is 74.9 Å². The van der Waals surface area contributed by atoms with E-state index in [0.717, 1.165) is 83.5 Å². The van der Waals surface area contributed by atoms with E-state index in [1.807, 2.05) is 21.1 Å². The van der Waals surface area contributed by atoms with E-state index < -0.39 is 26.5 Å². The van der Waals surface area contributed by atoms with Crippen molar-refractivity contribution in [1.29, 1.82) is 0 Å². The molecule has 9 nitrogen and oxygen atoms in total. The molecule has 0 aromatic heterocycles. The molecule has 0 bridgehead atoms. The van der Waals surface area contributed by atoms with Crippen LogP contribution in [0.3, 0.4) is 0 Å². The fourth-order valence-electron chi connectivity index (χ4n) is 7.90. The molecule has 0 saturated carbocycles. The van der Waals surface area contributed by atoms with Crippen LogP contribution in [0.1, 0.15) is 245 Å². The number of quaternary nitrogens is 1. The van der Waals surface area contributed by atoms with Crippen LogP contribution in [0.2, 0.25) is 0 Å². The van der Waals surface area contributed by atoms with Crippen LogP contribution in [-0.2, 0) is 32.7 Å². The fourth-order valence-corrected chi connectivity index (χ4v) is 8.64. The van der Waals surface area contributed by atoms with Gasteiger partial charge in [0.2, 0.25) is 0 Å². The van der Waals surface area contributed by atoms with E-state index >= 15 is 0 Å². The lowest BCUT2D eigenvalue weighted by Crippen LogP contribution is -2.37. The number of carbonyl (C=O) groups is 2. The maximum absolute atomic E-state index is 12.8. The number of allylic oxidation sites excluding steroid dienone is 14. The Morgan fingerprint density at radius 3 is 1.19 bits per heavy atom. The quantitative estimate of drug-likeness (QED) is 0.0211. The van der Waals surface area contributed by atoms with Gasteiger partial charge in [0.1, 0.15) is 19.8 Å². The van der Waals surface area contributed by atoms with Crippen LogP contribution in [0.25, 0.3) is 0 Å². The number of phosphoric ester groups is 1. The Kier molecular flexibility index (Phi) is 51.0. The third-order valence-electron chi connectivity index (χ3n) is 12.4. The van der Waals surface area contributed by atoms with Crippen molar-refractivity contribution in [3.63, 3.8) is 0 Å². The first-order valence-corrected chi connectivity index (χ1v) is 30.8. The Morgan fingerprint density at radius 1 is 0.444 bits per heavy atom. The van der Waals surface area contributed by atoms with Gasteiger partial charge < -0.3 is 18.9 Å². The number of hydrogen-bond acceptors (Lipinski definition) is 7. The molecular weight excluding hydrogens is 918 g/mol. The second-order valence-electron chi connectivity index (χ2n) is 20.6. The van der Waals surface area contributed by atoms with Gasteiger partial charge in [-0.2, -0.15) is 0 Å². The van der Waals surface area contributed by atoms with Crippen molar-refractivity contribution in [2.75, 3.05) is 47.5 Å². The maximum Gasteiger partial charge on any atom is 0.472 e. The molecule has 0 amide bonds. The number of rotatable bonds is 53. The molecule has 0 fully saturated rings. The SMILES string of the molecule is CC/C=C\C/C=C\C/C=C\C/C=C\C/C=C\C/C=C\CCCCCCCCCCC(=O)OC(COC(=O)CCCCCCCCCCC/C=C\CCCCCCCCCC)COP(=O)(O)OCC[N+](C)(C)C. The summed E-state index contributed by atoms with van der Waals surface area (Å²) < 4.78 is 34.6. The number of nitrogens with zero attached hydrogens (tertiary/aromatic N) is 1. The van der Waals surface area contributed by atoms with Crippen molar-refractivity contribution in [2.24, 2.45) is 0 Å². The highest BCUT2D eigenvalue weighted by molar-refractivity contribution is 7.47. The summed E-state index contributed by atoms with van der Waals surface area (Å²) in [5.41, 5.74) is 0. The summed E-state index contributed by atoms with van der Waals surface area (Å²) in [7, 11) is 1.46. The van der Waals surface area contributed by atoms with Crippen molar-refractivity contribution in [3.05, 3.63) is 85.1 Å². The Balaban J connectivity index is 4.21. The summed E-state index contributed by atoms with van der Waals surface area (Å²) in [5.74, 6) is -0.808. The molecule has 2 atom stereocenters. The molecule has 0 heterocycles. The predicted octanol–water partition coefficient (Wildman–Crippen LogP) is 18.3. The molecule has 72 heavy (non-hydrogen) atoms. The Morgan fingerprint density at radius 2 is 0.792 bits per heavy atom. The van der Waals surface area contributed by atoms with E-state index in [1.54, 1.807) is 0 Å². The van der Waals surface area contributed by atoms with Crippen molar-refractivity contribution in [2.45, 2.75) is 251 Å². The number of esters is 2. The first-order valence-electron chi connectivity index (χ1n) is 29.3. The summed E-state index contributed by atoms with van der Waals surface area (Å²) in [5, 5.41) is 0. The Hall–Kier alpha value is -2.81. The summed E-state index contributed by atoms with van der Waals surface area (Å²) in [6, 6.07) is 0. The molecule has 0 rings (SSSR count). The molecule has 2 unspecified atom stereocenters. The van der Waals surface area contributed by atoms with E-state index in [1.165, 1.54) is 128 Å². The second kappa shape index (κ2) is 53.0. The van der Waals surface area contributed by atoms with E-state index in [4.69, 9.17) is 18.5 Å². The lowest BCUT2D eigenvalue weighted by molar-refractivity contribution is -0.870. The molecule has 0 aliphatic heterocycles. The number of phosphoric acid groups is 1. The van der Waals surface area contributed by atoms with Gasteiger partial charge in [-0.1, -0.05) is 227 Å². The molecule has 416 valence electrons. The van der Waals surface area contributed by atoms with Crippen LogP contribution in [0.15, 0.2) is 85.1 Å². The molecule has 0 aliphatic rings. The minimum Gasteiger partial charge on any atom is -0.462 e. The zero-order chi connectivity index (χ0) is 52.7. The number of ether oxygens (including phenoxy) is 2. The monoisotopic (exact) mass is 1030 g/mol.